The summed E-state index contributed by atoms with van der Waals surface area (Å²) in [5, 5.41) is 13.9. The number of methoxy groups -OCH3 is 1. The van der Waals surface area contributed by atoms with Crippen LogP contribution < -0.4 is 10.1 Å². The standard InChI is InChI=1S/C11H10ClN3O3S/c1-18-7-2-3-10(15(16)17)9(4-7)13-5-8-6-14-11(12)19-8/h2-4,6,13H,5H2,1H3. The quantitative estimate of drug-likeness (QED) is 0.677. The van der Waals surface area contributed by atoms with Crippen molar-refractivity contribution in [3.05, 3.63) is 43.9 Å². The van der Waals surface area contributed by atoms with Gasteiger partial charge in [-0.1, -0.05) is 11.6 Å². The molecule has 19 heavy (non-hydrogen) atoms. The molecular formula is C11H10ClN3O3S. The van der Waals surface area contributed by atoms with Crippen LogP contribution in [0.2, 0.25) is 4.47 Å². The number of rotatable bonds is 5. The minimum atomic E-state index is -0.443. The van der Waals surface area contributed by atoms with E-state index >= 15 is 0 Å². The molecule has 2 rings (SSSR count). The maximum atomic E-state index is 10.9. The first kappa shape index (κ1) is 13.6. The Morgan fingerprint density at radius 3 is 2.95 bits per heavy atom. The highest BCUT2D eigenvalue weighted by Gasteiger charge is 2.14. The molecule has 0 spiro atoms. The van der Waals surface area contributed by atoms with Crippen molar-refractivity contribution >= 4 is 34.3 Å². The van der Waals surface area contributed by atoms with Gasteiger partial charge in [0.25, 0.3) is 5.69 Å². The molecule has 1 aromatic carbocycles. The average Bonchev–Trinajstić information content (AvgIpc) is 2.81. The van der Waals surface area contributed by atoms with E-state index in [9.17, 15) is 10.1 Å². The van der Waals surface area contributed by atoms with Gasteiger partial charge in [0, 0.05) is 23.2 Å². The van der Waals surface area contributed by atoms with E-state index in [4.69, 9.17) is 16.3 Å². The van der Waals surface area contributed by atoms with Crippen LogP contribution in [0.4, 0.5) is 11.4 Å². The Morgan fingerprint density at radius 2 is 2.37 bits per heavy atom. The number of nitro benzene ring substituents is 1. The molecule has 0 fully saturated rings. The summed E-state index contributed by atoms with van der Waals surface area (Å²) >= 11 is 7.04. The molecule has 6 nitrogen and oxygen atoms in total. The van der Waals surface area contributed by atoms with E-state index in [0.29, 0.717) is 22.4 Å². The number of anilines is 1. The Bertz CT molecular complexity index is 603. The van der Waals surface area contributed by atoms with Gasteiger partial charge >= 0.3 is 0 Å². The van der Waals surface area contributed by atoms with Gasteiger partial charge < -0.3 is 10.1 Å². The number of hydrogen-bond acceptors (Lipinski definition) is 6. The summed E-state index contributed by atoms with van der Waals surface area (Å²) in [7, 11) is 1.51. The minimum absolute atomic E-state index is 0.00332. The van der Waals surface area contributed by atoms with Crippen LogP contribution >= 0.6 is 22.9 Å². The second kappa shape index (κ2) is 5.85. The van der Waals surface area contributed by atoms with Gasteiger partial charge in [0.05, 0.1) is 18.6 Å². The largest absolute Gasteiger partial charge is 0.497 e. The third-order valence-electron chi connectivity index (χ3n) is 2.38. The van der Waals surface area contributed by atoms with Gasteiger partial charge in [-0.05, 0) is 6.07 Å². The van der Waals surface area contributed by atoms with Crippen LogP contribution in [0, 0.1) is 10.1 Å². The van der Waals surface area contributed by atoms with E-state index in [1.165, 1.54) is 24.5 Å². The van der Waals surface area contributed by atoms with Gasteiger partial charge in [0.15, 0.2) is 4.47 Å². The second-order valence-electron chi connectivity index (χ2n) is 3.57. The van der Waals surface area contributed by atoms with Gasteiger partial charge in [0.2, 0.25) is 0 Å². The average molecular weight is 300 g/mol. The Hall–Kier alpha value is -1.86. The monoisotopic (exact) mass is 299 g/mol. The summed E-state index contributed by atoms with van der Waals surface area (Å²) < 4.78 is 5.49. The summed E-state index contributed by atoms with van der Waals surface area (Å²) in [5.74, 6) is 0.551. The first-order chi connectivity index (χ1) is 9.10. The molecule has 0 aliphatic carbocycles. The Morgan fingerprint density at radius 1 is 1.58 bits per heavy atom. The number of hydrogen-bond donors (Lipinski definition) is 1. The van der Waals surface area contributed by atoms with Crippen molar-refractivity contribution in [3.8, 4) is 5.75 Å². The van der Waals surface area contributed by atoms with Crippen molar-refractivity contribution in [2.45, 2.75) is 6.54 Å². The molecule has 1 aromatic heterocycles. The van der Waals surface area contributed by atoms with E-state index < -0.39 is 4.92 Å². The van der Waals surface area contributed by atoms with E-state index in [1.807, 2.05) is 0 Å². The molecule has 0 bridgehead atoms. The number of nitro groups is 1. The third kappa shape index (κ3) is 3.33. The fraction of sp³-hybridized carbons (Fsp3) is 0.182. The lowest BCUT2D eigenvalue weighted by Crippen LogP contribution is -2.02. The molecule has 0 aliphatic rings. The smallest absolute Gasteiger partial charge is 0.292 e. The second-order valence-corrected chi connectivity index (χ2v) is 5.27. The first-order valence-corrected chi connectivity index (χ1v) is 6.46. The summed E-state index contributed by atoms with van der Waals surface area (Å²) in [6, 6.07) is 4.54. The first-order valence-electron chi connectivity index (χ1n) is 5.26. The van der Waals surface area contributed by atoms with Gasteiger partial charge in [-0.2, -0.15) is 0 Å². The number of thiazole rings is 1. The molecule has 1 N–H and O–H groups in total. The topological polar surface area (TPSA) is 77.3 Å². The van der Waals surface area contributed by atoms with E-state index in [0.717, 1.165) is 4.88 Å². The number of benzene rings is 1. The SMILES string of the molecule is COc1ccc([N+](=O)[O-])c(NCc2cnc(Cl)s2)c1. The fourth-order valence-corrected chi connectivity index (χ4v) is 2.41. The van der Waals surface area contributed by atoms with Crippen molar-refractivity contribution in [2.75, 3.05) is 12.4 Å². The molecule has 0 amide bonds. The van der Waals surface area contributed by atoms with Crippen molar-refractivity contribution < 1.29 is 9.66 Å². The van der Waals surface area contributed by atoms with Crippen LogP contribution in [0.1, 0.15) is 4.88 Å². The van der Waals surface area contributed by atoms with Crippen LogP contribution in [0.5, 0.6) is 5.75 Å². The van der Waals surface area contributed by atoms with Gasteiger partial charge in [0.1, 0.15) is 11.4 Å². The van der Waals surface area contributed by atoms with Crippen LogP contribution in [0.15, 0.2) is 24.4 Å². The molecule has 8 heteroatoms. The van der Waals surface area contributed by atoms with Crippen LogP contribution in [0.3, 0.4) is 0 Å². The van der Waals surface area contributed by atoms with Crippen LogP contribution in [-0.2, 0) is 6.54 Å². The lowest BCUT2D eigenvalue weighted by atomic mass is 10.2. The molecule has 2 aromatic rings. The molecule has 0 aliphatic heterocycles. The van der Waals surface area contributed by atoms with Crippen LogP contribution in [0.25, 0.3) is 0 Å². The molecule has 1 heterocycles. The predicted octanol–water partition coefficient (Wildman–Crippen LogP) is 3.33. The highest BCUT2D eigenvalue weighted by Crippen LogP contribution is 2.29. The Balaban J connectivity index is 2.19. The fourth-order valence-electron chi connectivity index (χ4n) is 1.49. The number of nitrogens with zero attached hydrogens (tertiary/aromatic N) is 2. The van der Waals surface area contributed by atoms with Crippen molar-refractivity contribution in [1.29, 1.82) is 0 Å². The Labute approximate surface area is 118 Å². The summed E-state index contributed by atoms with van der Waals surface area (Å²) in [5.41, 5.74) is 0.394. The minimum Gasteiger partial charge on any atom is -0.497 e. The zero-order valence-electron chi connectivity index (χ0n) is 9.92. The maximum Gasteiger partial charge on any atom is 0.292 e. The molecule has 100 valence electrons. The van der Waals surface area contributed by atoms with Crippen LogP contribution in [-0.4, -0.2) is 17.0 Å². The third-order valence-corrected chi connectivity index (χ3v) is 3.49. The Kier molecular flexibility index (Phi) is 4.18. The molecule has 0 atom stereocenters. The lowest BCUT2D eigenvalue weighted by Gasteiger charge is -2.07. The van der Waals surface area contributed by atoms with Gasteiger partial charge in [-0.3, -0.25) is 10.1 Å². The van der Waals surface area contributed by atoms with E-state index in [1.54, 1.807) is 18.3 Å². The molecule has 0 saturated heterocycles. The van der Waals surface area contributed by atoms with E-state index in [-0.39, 0.29) is 5.69 Å². The summed E-state index contributed by atoms with van der Waals surface area (Å²) in [6.45, 7) is 0.415. The maximum absolute atomic E-state index is 10.9. The number of ether oxygens (including phenoxy) is 1. The molecular weight excluding hydrogens is 290 g/mol. The molecule has 0 saturated carbocycles. The van der Waals surface area contributed by atoms with Gasteiger partial charge in [-0.25, -0.2) is 4.98 Å². The highest BCUT2D eigenvalue weighted by atomic mass is 35.5. The van der Waals surface area contributed by atoms with Gasteiger partial charge in [-0.15, -0.1) is 11.3 Å². The molecule has 0 unspecified atom stereocenters. The molecule has 0 radical (unpaired) electrons. The van der Waals surface area contributed by atoms with E-state index in [2.05, 4.69) is 10.3 Å². The number of nitrogens with one attached hydrogen (secondary N) is 1. The number of halogens is 1. The normalized spacial score (nSPS) is 10.2. The lowest BCUT2D eigenvalue weighted by molar-refractivity contribution is -0.384. The van der Waals surface area contributed by atoms with Crippen molar-refractivity contribution in [3.63, 3.8) is 0 Å². The highest BCUT2D eigenvalue weighted by molar-refractivity contribution is 7.15. The van der Waals surface area contributed by atoms with Crippen molar-refractivity contribution in [1.82, 2.24) is 4.98 Å². The zero-order valence-corrected chi connectivity index (χ0v) is 11.5. The van der Waals surface area contributed by atoms with Crippen molar-refractivity contribution in [2.24, 2.45) is 0 Å². The summed E-state index contributed by atoms with van der Waals surface area (Å²) in [4.78, 5) is 15.3. The summed E-state index contributed by atoms with van der Waals surface area (Å²) in [6.07, 6.45) is 1.63. The predicted molar refractivity (Wildman–Crippen MR) is 74.1 cm³/mol. The zero-order chi connectivity index (χ0) is 13.8. The number of aromatic nitrogens is 1.